The van der Waals surface area contributed by atoms with Crippen molar-refractivity contribution in [2.24, 2.45) is 0 Å². The molecular weight excluding hydrogens is 200 g/mol. The second kappa shape index (κ2) is 3.30. The fraction of sp³-hybridized carbons (Fsp3) is 0.538. The minimum absolute atomic E-state index is 0.397. The van der Waals surface area contributed by atoms with Crippen LogP contribution in [0.3, 0.4) is 0 Å². The first-order chi connectivity index (χ1) is 7.79. The van der Waals surface area contributed by atoms with Crippen LogP contribution in [0.4, 0.5) is 11.4 Å². The molecule has 1 saturated carbocycles. The fourth-order valence-corrected chi connectivity index (χ4v) is 2.72. The maximum atomic E-state index is 5.31. The largest absolute Gasteiger partial charge is 0.497 e. The number of nitrogens with one attached hydrogen (secondary N) is 1. The van der Waals surface area contributed by atoms with Crippen molar-refractivity contribution in [3.63, 3.8) is 0 Å². The summed E-state index contributed by atoms with van der Waals surface area (Å²) in [4.78, 5) is 2.53. The van der Waals surface area contributed by atoms with E-state index in [0.717, 1.165) is 18.8 Å². The Morgan fingerprint density at radius 2 is 2.25 bits per heavy atom. The molecule has 0 atom stereocenters. The third-order valence-corrected chi connectivity index (χ3v) is 3.82. The molecule has 1 aliphatic heterocycles. The summed E-state index contributed by atoms with van der Waals surface area (Å²) in [5.74, 6) is 0.941. The molecule has 1 aliphatic carbocycles. The standard InChI is InChI=1S/C13H18N2O/c1-3-15-12-8-10(16-2)4-5-11(12)14-9-13(15)6-7-13/h4-5,8,14H,3,6-7,9H2,1-2H3. The van der Waals surface area contributed by atoms with E-state index < -0.39 is 0 Å². The Labute approximate surface area is 96.4 Å². The zero-order valence-electron chi connectivity index (χ0n) is 9.92. The number of nitrogens with zero attached hydrogens (tertiary/aromatic N) is 1. The maximum absolute atomic E-state index is 5.31. The fourth-order valence-electron chi connectivity index (χ4n) is 2.72. The molecule has 0 amide bonds. The molecule has 3 nitrogen and oxygen atoms in total. The van der Waals surface area contributed by atoms with Gasteiger partial charge < -0.3 is 15.0 Å². The molecule has 0 aromatic heterocycles. The number of rotatable bonds is 2. The quantitative estimate of drug-likeness (QED) is 0.825. The predicted octanol–water partition coefficient (Wildman–Crippen LogP) is 2.48. The van der Waals surface area contributed by atoms with Crippen LogP contribution in [0.2, 0.25) is 0 Å². The van der Waals surface area contributed by atoms with Gasteiger partial charge in [-0.25, -0.2) is 0 Å². The van der Waals surface area contributed by atoms with Crippen LogP contribution in [0.1, 0.15) is 19.8 Å². The van der Waals surface area contributed by atoms with E-state index in [1.165, 1.54) is 24.2 Å². The summed E-state index contributed by atoms with van der Waals surface area (Å²) in [6, 6.07) is 6.28. The Balaban J connectivity index is 2.04. The van der Waals surface area contributed by atoms with E-state index in [4.69, 9.17) is 4.74 Å². The highest BCUT2D eigenvalue weighted by Crippen LogP contribution is 2.49. The van der Waals surface area contributed by atoms with Crippen LogP contribution in [-0.2, 0) is 0 Å². The average molecular weight is 218 g/mol. The summed E-state index contributed by atoms with van der Waals surface area (Å²) in [6.07, 6.45) is 2.62. The van der Waals surface area contributed by atoms with E-state index in [9.17, 15) is 0 Å². The minimum atomic E-state index is 0.397. The molecule has 86 valence electrons. The van der Waals surface area contributed by atoms with Gasteiger partial charge in [-0.15, -0.1) is 0 Å². The normalized spacial score (nSPS) is 20.2. The van der Waals surface area contributed by atoms with Crippen molar-refractivity contribution in [3.8, 4) is 5.75 Å². The van der Waals surface area contributed by atoms with Crippen molar-refractivity contribution < 1.29 is 4.74 Å². The van der Waals surface area contributed by atoms with E-state index in [-0.39, 0.29) is 0 Å². The highest BCUT2D eigenvalue weighted by atomic mass is 16.5. The number of fused-ring (bicyclic) bond motifs is 1. The molecule has 1 N–H and O–H groups in total. The Hall–Kier alpha value is -1.38. The lowest BCUT2D eigenvalue weighted by atomic mass is 10.1. The minimum Gasteiger partial charge on any atom is -0.497 e. The highest BCUT2D eigenvalue weighted by molar-refractivity contribution is 5.76. The first kappa shape index (κ1) is 9.82. The lowest BCUT2D eigenvalue weighted by molar-refractivity contribution is 0.414. The molecule has 3 rings (SSSR count). The molecule has 0 radical (unpaired) electrons. The second-order valence-corrected chi connectivity index (χ2v) is 4.71. The number of hydrogen-bond donors (Lipinski definition) is 1. The SMILES string of the molecule is CCN1c2cc(OC)ccc2NCC12CC2. The first-order valence-electron chi connectivity index (χ1n) is 5.99. The third-order valence-electron chi connectivity index (χ3n) is 3.82. The van der Waals surface area contributed by atoms with Gasteiger partial charge in [0.1, 0.15) is 5.75 Å². The maximum Gasteiger partial charge on any atom is 0.121 e. The Kier molecular flexibility index (Phi) is 2.03. The lowest BCUT2D eigenvalue weighted by Crippen LogP contribution is -2.46. The van der Waals surface area contributed by atoms with Crippen LogP contribution in [0.5, 0.6) is 5.75 Å². The molecule has 1 fully saturated rings. The molecule has 0 unspecified atom stereocenters. The summed E-state index contributed by atoms with van der Waals surface area (Å²) in [5, 5.41) is 3.53. The van der Waals surface area contributed by atoms with E-state index in [1.807, 2.05) is 6.07 Å². The average Bonchev–Trinajstić information content (AvgIpc) is 3.09. The van der Waals surface area contributed by atoms with E-state index in [0.29, 0.717) is 5.54 Å². The van der Waals surface area contributed by atoms with Gasteiger partial charge in [0.15, 0.2) is 0 Å². The van der Waals surface area contributed by atoms with Gasteiger partial charge in [0.25, 0.3) is 0 Å². The third kappa shape index (κ3) is 1.27. The van der Waals surface area contributed by atoms with Crippen LogP contribution in [0.25, 0.3) is 0 Å². The Morgan fingerprint density at radius 1 is 1.44 bits per heavy atom. The van der Waals surface area contributed by atoms with Gasteiger partial charge in [-0.3, -0.25) is 0 Å². The molecule has 3 heteroatoms. The summed E-state index contributed by atoms with van der Waals surface area (Å²) < 4.78 is 5.31. The number of likely N-dealkylation sites (N-methyl/N-ethyl adjacent to an activating group) is 1. The molecule has 16 heavy (non-hydrogen) atoms. The summed E-state index contributed by atoms with van der Waals surface area (Å²) >= 11 is 0. The van der Waals surface area contributed by atoms with Crippen molar-refractivity contribution in [3.05, 3.63) is 18.2 Å². The van der Waals surface area contributed by atoms with Crippen LogP contribution in [-0.4, -0.2) is 25.7 Å². The number of hydrogen-bond acceptors (Lipinski definition) is 3. The summed E-state index contributed by atoms with van der Waals surface area (Å²) in [5.41, 5.74) is 2.93. The molecular formula is C13H18N2O. The van der Waals surface area contributed by atoms with Gasteiger partial charge in [-0.1, -0.05) is 0 Å². The lowest BCUT2D eigenvalue weighted by Gasteiger charge is -2.39. The zero-order chi connectivity index (χ0) is 11.2. The highest BCUT2D eigenvalue weighted by Gasteiger charge is 2.49. The summed E-state index contributed by atoms with van der Waals surface area (Å²) in [7, 11) is 1.72. The van der Waals surface area contributed by atoms with Gasteiger partial charge in [-0.05, 0) is 31.9 Å². The zero-order valence-corrected chi connectivity index (χ0v) is 9.92. The molecule has 1 aromatic carbocycles. The monoisotopic (exact) mass is 218 g/mol. The number of methoxy groups -OCH3 is 1. The molecule has 0 bridgehead atoms. The topological polar surface area (TPSA) is 24.5 Å². The van der Waals surface area contributed by atoms with Crippen LogP contribution in [0.15, 0.2) is 18.2 Å². The Bertz CT molecular complexity index is 412. The number of benzene rings is 1. The van der Waals surface area contributed by atoms with Crippen molar-refractivity contribution in [2.45, 2.75) is 25.3 Å². The van der Waals surface area contributed by atoms with Gasteiger partial charge in [0, 0.05) is 19.2 Å². The predicted molar refractivity (Wildman–Crippen MR) is 66.5 cm³/mol. The van der Waals surface area contributed by atoms with Crippen molar-refractivity contribution >= 4 is 11.4 Å². The van der Waals surface area contributed by atoms with Crippen molar-refractivity contribution in [2.75, 3.05) is 30.4 Å². The van der Waals surface area contributed by atoms with Gasteiger partial charge in [0.2, 0.25) is 0 Å². The van der Waals surface area contributed by atoms with Crippen molar-refractivity contribution in [1.29, 1.82) is 0 Å². The Morgan fingerprint density at radius 3 is 2.88 bits per heavy atom. The van der Waals surface area contributed by atoms with E-state index in [2.05, 4.69) is 29.3 Å². The smallest absolute Gasteiger partial charge is 0.121 e. The second-order valence-electron chi connectivity index (χ2n) is 4.71. The van der Waals surface area contributed by atoms with Crippen LogP contribution in [0, 0.1) is 0 Å². The molecule has 1 spiro atoms. The molecule has 2 aliphatic rings. The first-order valence-corrected chi connectivity index (χ1v) is 5.99. The molecule has 1 aromatic rings. The number of anilines is 2. The number of ether oxygens (including phenoxy) is 1. The van der Waals surface area contributed by atoms with Crippen LogP contribution >= 0.6 is 0 Å². The summed E-state index contributed by atoms with van der Waals surface area (Å²) in [6.45, 7) is 4.39. The van der Waals surface area contributed by atoms with E-state index >= 15 is 0 Å². The van der Waals surface area contributed by atoms with Crippen LogP contribution < -0.4 is 15.0 Å². The molecule has 1 heterocycles. The van der Waals surface area contributed by atoms with Crippen molar-refractivity contribution in [1.82, 2.24) is 0 Å². The van der Waals surface area contributed by atoms with E-state index in [1.54, 1.807) is 7.11 Å². The van der Waals surface area contributed by atoms with Gasteiger partial charge in [0.05, 0.1) is 24.0 Å². The van der Waals surface area contributed by atoms with Gasteiger partial charge in [-0.2, -0.15) is 0 Å². The van der Waals surface area contributed by atoms with Gasteiger partial charge >= 0.3 is 0 Å². The molecule has 0 saturated heterocycles.